The third-order valence-corrected chi connectivity index (χ3v) is 2.74. The normalized spacial score (nSPS) is 27.5. The SMILES string of the molecule is COC(C)CC(NN)C1CCOC1. The Morgan fingerprint density at radius 2 is 2.46 bits per heavy atom. The molecule has 78 valence electrons. The van der Waals surface area contributed by atoms with Crippen molar-refractivity contribution in [1.29, 1.82) is 0 Å². The Bertz CT molecular complexity index is 138. The highest BCUT2D eigenvalue weighted by atomic mass is 16.5. The molecular formula is C9H20N2O2. The number of ether oxygens (including phenoxy) is 2. The number of nitrogens with one attached hydrogen (secondary N) is 1. The van der Waals surface area contributed by atoms with Crippen LogP contribution in [0.2, 0.25) is 0 Å². The number of methoxy groups -OCH3 is 1. The number of hydrogen-bond donors (Lipinski definition) is 2. The fourth-order valence-corrected chi connectivity index (χ4v) is 1.72. The number of rotatable bonds is 5. The maximum absolute atomic E-state index is 5.49. The molecule has 3 atom stereocenters. The van der Waals surface area contributed by atoms with Crippen molar-refractivity contribution in [3.05, 3.63) is 0 Å². The molecule has 0 amide bonds. The van der Waals surface area contributed by atoms with E-state index in [-0.39, 0.29) is 6.10 Å². The lowest BCUT2D eigenvalue weighted by Gasteiger charge is -2.23. The highest BCUT2D eigenvalue weighted by Gasteiger charge is 2.26. The molecule has 0 saturated carbocycles. The summed E-state index contributed by atoms with van der Waals surface area (Å²) in [5.41, 5.74) is 2.85. The topological polar surface area (TPSA) is 56.5 Å². The second-order valence-corrected chi connectivity index (χ2v) is 3.68. The van der Waals surface area contributed by atoms with Crippen LogP contribution in [-0.2, 0) is 9.47 Å². The van der Waals surface area contributed by atoms with E-state index in [1.807, 2.05) is 0 Å². The monoisotopic (exact) mass is 188 g/mol. The van der Waals surface area contributed by atoms with Crippen LogP contribution in [0.25, 0.3) is 0 Å². The molecule has 1 aliphatic heterocycles. The minimum absolute atomic E-state index is 0.252. The average molecular weight is 188 g/mol. The summed E-state index contributed by atoms with van der Waals surface area (Å²) in [6.07, 6.45) is 2.30. The van der Waals surface area contributed by atoms with Gasteiger partial charge in [0.05, 0.1) is 12.7 Å². The molecule has 3 unspecified atom stereocenters. The number of hydrogen-bond acceptors (Lipinski definition) is 4. The van der Waals surface area contributed by atoms with Gasteiger partial charge >= 0.3 is 0 Å². The molecule has 4 nitrogen and oxygen atoms in total. The minimum atomic E-state index is 0.252. The summed E-state index contributed by atoms with van der Waals surface area (Å²) in [6, 6.07) is 0.317. The standard InChI is InChI=1S/C9H20N2O2/c1-7(12-2)5-9(11-10)8-3-4-13-6-8/h7-9,11H,3-6,10H2,1-2H3. The minimum Gasteiger partial charge on any atom is -0.382 e. The van der Waals surface area contributed by atoms with Crippen molar-refractivity contribution in [2.45, 2.75) is 31.9 Å². The third-order valence-electron chi connectivity index (χ3n) is 2.74. The van der Waals surface area contributed by atoms with Crippen LogP contribution in [0, 0.1) is 5.92 Å². The van der Waals surface area contributed by atoms with Gasteiger partial charge in [0, 0.05) is 25.7 Å². The molecule has 0 radical (unpaired) electrons. The van der Waals surface area contributed by atoms with E-state index < -0.39 is 0 Å². The van der Waals surface area contributed by atoms with Crippen LogP contribution >= 0.6 is 0 Å². The maximum Gasteiger partial charge on any atom is 0.0558 e. The first-order valence-electron chi connectivity index (χ1n) is 4.84. The predicted molar refractivity (Wildman–Crippen MR) is 51.1 cm³/mol. The van der Waals surface area contributed by atoms with Crippen molar-refractivity contribution in [3.8, 4) is 0 Å². The maximum atomic E-state index is 5.49. The molecule has 0 aromatic carbocycles. The highest BCUT2D eigenvalue weighted by Crippen LogP contribution is 2.19. The van der Waals surface area contributed by atoms with Crippen molar-refractivity contribution >= 4 is 0 Å². The first-order chi connectivity index (χ1) is 6.27. The average Bonchev–Trinajstić information content (AvgIpc) is 2.66. The van der Waals surface area contributed by atoms with E-state index >= 15 is 0 Å². The molecule has 0 aromatic rings. The van der Waals surface area contributed by atoms with Gasteiger partial charge in [-0.1, -0.05) is 0 Å². The van der Waals surface area contributed by atoms with E-state index in [0.717, 1.165) is 26.1 Å². The molecule has 3 N–H and O–H groups in total. The lowest BCUT2D eigenvalue weighted by atomic mass is 9.95. The Hall–Kier alpha value is -0.160. The zero-order chi connectivity index (χ0) is 9.68. The fraction of sp³-hybridized carbons (Fsp3) is 1.00. The van der Waals surface area contributed by atoms with Crippen molar-refractivity contribution < 1.29 is 9.47 Å². The lowest BCUT2D eigenvalue weighted by Crippen LogP contribution is -2.43. The lowest BCUT2D eigenvalue weighted by molar-refractivity contribution is 0.0888. The van der Waals surface area contributed by atoms with Crippen LogP contribution in [-0.4, -0.2) is 32.5 Å². The Labute approximate surface area is 79.7 Å². The zero-order valence-electron chi connectivity index (χ0n) is 8.45. The molecule has 1 fully saturated rings. The van der Waals surface area contributed by atoms with Gasteiger partial charge in [0.1, 0.15) is 0 Å². The van der Waals surface area contributed by atoms with Gasteiger partial charge in [-0.15, -0.1) is 0 Å². The Morgan fingerprint density at radius 3 is 2.92 bits per heavy atom. The summed E-state index contributed by atoms with van der Waals surface area (Å²) < 4.78 is 10.5. The van der Waals surface area contributed by atoms with Gasteiger partial charge in [0.25, 0.3) is 0 Å². The van der Waals surface area contributed by atoms with E-state index in [2.05, 4.69) is 12.3 Å². The second kappa shape index (κ2) is 5.54. The van der Waals surface area contributed by atoms with Gasteiger partial charge in [-0.05, 0) is 19.8 Å². The Balaban J connectivity index is 2.32. The second-order valence-electron chi connectivity index (χ2n) is 3.68. The fourth-order valence-electron chi connectivity index (χ4n) is 1.72. The van der Waals surface area contributed by atoms with E-state index in [0.29, 0.717) is 12.0 Å². The summed E-state index contributed by atoms with van der Waals surface area (Å²) in [5, 5.41) is 0. The predicted octanol–water partition coefficient (Wildman–Crippen LogP) is 0.280. The number of hydrazine groups is 1. The Morgan fingerprint density at radius 1 is 1.69 bits per heavy atom. The van der Waals surface area contributed by atoms with Crippen molar-refractivity contribution in [2.24, 2.45) is 11.8 Å². The molecule has 4 heteroatoms. The van der Waals surface area contributed by atoms with Crippen molar-refractivity contribution in [1.82, 2.24) is 5.43 Å². The molecule has 1 aliphatic rings. The quantitative estimate of drug-likeness (QED) is 0.480. The van der Waals surface area contributed by atoms with E-state index in [1.54, 1.807) is 7.11 Å². The first-order valence-corrected chi connectivity index (χ1v) is 4.84. The van der Waals surface area contributed by atoms with Gasteiger partial charge in [0.15, 0.2) is 0 Å². The van der Waals surface area contributed by atoms with Gasteiger partial charge in [-0.2, -0.15) is 0 Å². The van der Waals surface area contributed by atoms with Crippen LogP contribution < -0.4 is 11.3 Å². The van der Waals surface area contributed by atoms with Crippen LogP contribution in [0.15, 0.2) is 0 Å². The van der Waals surface area contributed by atoms with Crippen LogP contribution in [0.5, 0.6) is 0 Å². The molecule has 0 aliphatic carbocycles. The largest absolute Gasteiger partial charge is 0.382 e. The molecule has 1 rings (SSSR count). The molecule has 1 saturated heterocycles. The molecular weight excluding hydrogens is 168 g/mol. The highest BCUT2D eigenvalue weighted by molar-refractivity contribution is 4.79. The summed E-state index contributed by atoms with van der Waals surface area (Å²) in [4.78, 5) is 0. The van der Waals surface area contributed by atoms with Gasteiger partial charge in [0.2, 0.25) is 0 Å². The van der Waals surface area contributed by atoms with Gasteiger partial charge in [-0.3, -0.25) is 11.3 Å². The molecule has 0 aromatic heterocycles. The molecule has 0 spiro atoms. The zero-order valence-corrected chi connectivity index (χ0v) is 8.45. The number of nitrogens with two attached hydrogens (primary N) is 1. The van der Waals surface area contributed by atoms with E-state index in [1.165, 1.54) is 0 Å². The summed E-state index contributed by atoms with van der Waals surface area (Å²) in [6.45, 7) is 3.75. The third kappa shape index (κ3) is 3.23. The van der Waals surface area contributed by atoms with E-state index in [4.69, 9.17) is 15.3 Å². The summed E-state index contributed by atoms with van der Waals surface area (Å²) in [7, 11) is 1.73. The molecule has 0 bridgehead atoms. The molecule has 13 heavy (non-hydrogen) atoms. The summed E-state index contributed by atoms with van der Waals surface area (Å²) in [5.74, 6) is 6.04. The molecule has 1 heterocycles. The Kier molecular flexibility index (Phi) is 4.66. The van der Waals surface area contributed by atoms with Crippen LogP contribution in [0.3, 0.4) is 0 Å². The van der Waals surface area contributed by atoms with Crippen molar-refractivity contribution in [3.63, 3.8) is 0 Å². The van der Waals surface area contributed by atoms with Crippen LogP contribution in [0.4, 0.5) is 0 Å². The smallest absolute Gasteiger partial charge is 0.0558 e. The van der Waals surface area contributed by atoms with Crippen LogP contribution in [0.1, 0.15) is 19.8 Å². The summed E-state index contributed by atoms with van der Waals surface area (Å²) >= 11 is 0. The van der Waals surface area contributed by atoms with Crippen molar-refractivity contribution in [2.75, 3.05) is 20.3 Å². The first kappa shape index (κ1) is 10.9. The van der Waals surface area contributed by atoms with Gasteiger partial charge < -0.3 is 9.47 Å². The van der Waals surface area contributed by atoms with E-state index in [9.17, 15) is 0 Å². The van der Waals surface area contributed by atoms with Gasteiger partial charge in [-0.25, -0.2) is 0 Å².